The van der Waals surface area contributed by atoms with Crippen LogP contribution in [0.15, 0.2) is 71.2 Å². The lowest BCUT2D eigenvalue weighted by Crippen LogP contribution is -2.47. The molecule has 1 saturated carbocycles. The van der Waals surface area contributed by atoms with E-state index in [2.05, 4.69) is 15.6 Å². The highest BCUT2D eigenvalue weighted by molar-refractivity contribution is 6.15. The number of aromatic nitrogens is 5. The van der Waals surface area contributed by atoms with Gasteiger partial charge in [0.2, 0.25) is 11.5 Å². The number of phenols is 1. The third-order valence-electron chi connectivity index (χ3n) is 19.4. The molecule has 0 radical (unpaired) electrons. The van der Waals surface area contributed by atoms with Crippen molar-refractivity contribution in [3.63, 3.8) is 0 Å². The van der Waals surface area contributed by atoms with Crippen molar-refractivity contribution in [2.75, 3.05) is 131 Å². The van der Waals surface area contributed by atoms with Crippen LogP contribution in [0.4, 0.5) is 10.5 Å². The molecule has 2 atom stereocenters. The number of carbonyl (C=O) groups excluding carboxylic acids is 8. The molecule has 2 N–H and O–H groups in total. The van der Waals surface area contributed by atoms with Crippen LogP contribution in [0.5, 0.6) is 5.75 Å². The van der Waals surface area contributed by atoms with Gasteiger partial charge in [0.25, 0.3) is 17.4 Å². The quantitative estimate of drug-likeness (QED) is 0.0206. The van der Waals surface area contributed by atoms with Crippen molar-refractivity contribution in [1.29, 1.82) is 0 Å². The van der Waals surface area contributed by atoms with Gasteiger partial charge in [0.05, 0.1) is 140 Å². The summed E-state index contributed by atoms with van der Waals surface area (Å²) in [6.07, 6.45) is 10.4. The number of aromatic hydroxyl groups is 1. The molecule has 0 bridgehead atoms. The van der Waals surface area contributed by atoms with E-state index in [-0.39, 0.29) is 116 Å². The van der Waals surface area contributed by atoms with Crippen LogP contribution in [0.2, 0.25) is 0 Å². The Morgan fingerprint density at radius 2 is 1.35 bits per heavy atom. The molecule has 582 valence electrons. The van der Waals surface area contributed by atoms with Gasteiger partial charge in [0.1, 0.15) is 38.0 Å². The Kier molecular flexibility index (Phi) is 33.1. The third kappa shape index (κ3) is 24.2. The lowest BCUT2D eigenvalue weighted by Gasteiger charge is -2.35. The fourth-order valence-corrected chi connectivity index (χ4v) is 13.5. The van der Waals surface area contributed by atoms with Crippen molar-refractivity contribution in [3.05, 3.63) is 110 Å². The lowest BCUT2D eigenvalue weighted by atomic mass is 9.79. The van der Waals surface area contributed by atoms with E-state index in [4.69, 9.17) is 61.8 Å². The zero-order valence-corrected chi connectivity index (χ0v) is 62.1. The van der Waals surface area contributed by atoms with Gasteiger partial charge in [-0.05, 0) is 112 Å². The van der Waals surface area contributed by atoms with Crippen LogP contribution < -0.4 is 10.9 Å². The summed E-state index contributed by atoms with van der Waals surface area (Å²) in [4.78, 5) is 124. The summed E-state index contributed by atoms with van der Waals surface area (Å²) in [6.45, 7) is 13.9. The number of rotatable bonds is 51. The van der Waals surface area contributed by atoms with E-state index in [1.54, 1.807) is 71.6 Å². The molecule has 9 rings (SSSR count). The molecule has 5 aromatic rings. The Balaban J connectivity index is 0.527. The van der Waals surface area contributed by atoms with E-state index < -0.39 is 29.2 Å². The number of fused-ring (bicyclic) bond motifs is 5. The number of ketones is 3. The van der Waals surface area contributed by atoms with Crippen LogP contribution in [-0.4, -0.2) is 207 Å². The second-order valence-corrected chi connectivity index (χ2v) is 27.1. The molecule has 6 heterocycles. The lowest BCUT2D eigenvalue weighted by molar-refractivity contribution is -0.175. The number of amides is 3. The van der Waals surface area contributed by atoms with Crippen LogP contribution in [0, 0.1) is 17.8 Å². The number of cyclic esters (lactones) is 1. The predicted octanol–water partition coefficient (Wildman–Crippen LogP) is 8.22. The van der Waals surface area contributed by atoms with Gasteiger partial charge in [-0.25, -0.2) is 19.3 Å². The second kappa shape index (κ2) is 42.9. The summed E-state index contributed by atoms with van der Waals surface area (Å²) < 4.78 is 70.3. The number of anilines is 1. The molecule has 4 aliphatic rings. The van der Waals surface area contributed by atoms with Crippen molar-refractivity contribution in [1.82, 2.24) is 29.4 Å². The van der Waals surface area contributed by atoms with E-state index >= 15 is 0 Å². The fourth-order valence-electron chi connectivity index (χ4n) is 13.5. The number of unbranched alkanes of at least 4 members (excludes halogenated alkanes) is 2. The Hall–Kier alpha value is -8.52. The molecular formula is C78H103N7O22. The SMILES string of the molecule is CCCCCC(CC(=O)COCC(=O)CCCOCCOCCOCCOCCOCCOCCOCCOCCn1cc(CCC(=O)C2CCC(CN3C(=O)C=C(C)C3=O)CC2)nn1)C(=O)Nc1ccc(COC(=O)OC2(CC)C(=O)OCc3c2cc2n(c3=O)Cc3c-2nc2ccc(O)cc2c3CC)cc1. The van der Waals surface area contributed by atoms with Crippen molar-refractivity contribution in [2.45, 2.75) is 156 Å². The molecule has 2 aromatic carbocycles. The Bertz CT molecular complexity index is 3900. The number of nitrogens with zero attached hydrogens (tertiary/aromatic N) is 6. The molecule has 0 spiro atoms. The maximum Gasteiger partial charge on any atom is 0.510 e. The Morgan fingerprint density at radius 3 is 1.96 bits per heavy atom. The highest BCUT2D eigenvalue weighted by Gasteiger charge is 2.51. The average molecular weight is 1490 g/mol. The molecule has 1 fully saturated rings. The summed E-state index contributed by atoms with van der Waals surface area (Å²) >= 11 is 0. The number of pyridine rings is 2. The van der Waals surface area contributed by atoms with Gasteiger partial charge in [0, 0.05) is 90.7 Å². The standard InChI is InChI=1S/C78H103N7O22/c1-5-8-9-11-57(73(91)79-58-19-15-55(16-20-58)49-106-77(95)107-78(7-3)67-45-69-72-65(48-84(69)75(93)66(67)52-105-76(78)94)63(6-2)64-44-60(86)22-23-68(64)80-72)43-62(88)51-104-50-61(87)12-10-26-96-28-30-98-32-34-100-36-38-102-40-41-103-39-37-101-35-33-99-31-29-97-27-25-83-47-59(81-82-83)21-24-70(89)56-17-13-54(14-18-56)46-85-71(90)42-53(4)74(85)92/h15-16,19-20,22-23,42,44-45,47,54,56-57,86H,5-14,17-18,21,24-41,43,46,48-52H2,1-4H3,(H,79,91). The number of Topliss-reactive ketones (excluding diaryl/α,β-unsaturated/α-hetero) is 3. The predicted molar refractivity (Wildman–Crippen MR) is 388 cm³/mol. The maximum atomic E-state index is 14.1. The van der Waals surface area contributed by atoms with Crippen LogP contribution in [0.1, 0.15) is 145 Å². The number of nitrogens with one attached hydrogen (secondary N) is 1. The van der Waals surface area contributed by atoms with Crippen LogP contribution >= 0.6 is 0 Å². The molecule has 3 aliphatic heterocycles. The van der Waals surface area contributed by atoms with Gasteiger partial charge in [-0.2, -0.15) is 0 Å². The summed E-state index contributed by atoms with van der Waals surface area (Å²) in [5.41, 5.74) is 3.62. The molecule has 29 heteroatoms. The second-order valence-electron chi connectivity index (χ2n) is 27.1. The van der Waals surface area contributed by atoms with E-state index in [0.717, 1.165) is 67.2 Å². The molecule has 3 aromatic heterocycles. The van der Waals surface area contributed by atoms with Crippen molar-refractivity contribution < 1.29 is 100 Å². The highest BCUT2D eigenvalue weighted by Crippen LogP contribution is 2.43. The fraction of sp³-hybridized carbons (Fsp3) is 0.590. The summed E-state index contributed by atoms with van der Waals surface area (Å²) in [5.74, 6) is -2.20. The van der Waals surface area contributed by atoms with Crippen LogP contribution in [0.3, 0.4) is 0 Å². The van der Waals surface area contributed by atoms with Crippen molar-refractivity contribution >= 4 is 63.8 Å². The molecule has 29 nitrogen and oxygen atoms in total. The number of imide groups is 1. The molecule has 2 unspecified atom stereocenters. The normalized spacial score (nSPS) is 17.0. The minimum Gasteiger partial charge on any atom is -0.508 e. The van der Waals surface area contributed by atoms with Gasteiger partial charge in [-0.15, -0.1) is 5.10 Å². The number of phenolic OH excluding ortho intramolecular Hbond substituents is 1. The highest BCUT2D eigenvalue weighted by atomic mass is 16.7. The van der Waals surface area contributed by atoms with E-state index in [1.165, 1.54) is 11.0 Å². The Labute approximate surface area is 622 Å². The van der Waals surface area contributed by atoms with Gasteiger partial charge in [0.15, 0.2) is 11.6 Å². The van der Waals surface area contributed by atoms with Crippen molar-refractivity contribution in [3.8, 4) is 17.1 Å². The topological polar surface area (TPSA) is 348 Å². The largest absolute Gasteiger partial charge is 0.510 e. The number of esters is 1. The summed E-state index contributed by atoms with van der Waals surface area (Å²) in [5, 5.41) is 22.3. The first-order chi connectivity index (χ1) is 52.0. The Morgan fingerprint density at radius 1 is 0.710 bits per heavy atom. The summed E-state index contributed by atoms with van der Waals surface area (Å²) in [6, 6.07) is 13.2. The molecule has 0 saturated heterocycles. The van der Waals surface area contributed by atoms with Gasteiger partial charge in [-0.3, -0.25) is 38.5 Å². The van der Waals surface area contributed by atoms with E-state index in [1.807, 2.05) is 20.0 Å². The zero-order valence-electron chi connectivity index (χ0n) is 62.1. The average Bonchev–Trinajstić information content (AvgIpc) is 1.61. The number of benzene rings is 2. The van der Waals surface area contributed by atoms with Crippen LogP contribution in [-0.2, 0) is 135 Å². The van der Waals surface area contributed by atoms with E-state index in [0.29, 0.717) is 185 Å². The first-order valence-electron chi connectivity index (χ1n) is 37.5. The minimum atomic E-state index is -1.99. The van der Waals surface area contributed by atoms with Gasteiger partial charge in [-0.1, -0.05) is 57.4 Å². The molecule has 1 aliphatic carbocycles. The molecule has 107 heavy (non-hydrogen) atoms. The first-order valence-corrected chi connectivity index (χ1v) is 37.5. The minimum absolute atomic E-state index is 0.00145. The first kappa shape index (κ1) is 82.5. The van der Waals surface area contributed by atoms with E-state index in [9.17, 15) is 48.3 Å². The third-order valence-corrected chi connectivity index (χ3v) is 19.4. The number of hydrogen-bond donors (Lipinski definition) is 2. The number of aryl methyl sites for hydroxylation is 2. The molecular weight excluding hydrogens is 1390 g/mol. The maximum absolute atomic E-state index is 14.1. The smallest absolute Gasteiger partial charge is 0.508 e. The summed E-state index contributed by atoms with van der Waals surface area (Å²) in [7, 11) is 0. The number of ether oxygens (including phenoxy) is 12. The zero-order chi connectivity index (χ0) is 75.9. The number of carbonyl (C=O) groups is 8. The molecule has 3 amide bonds. The van der Waals surface area contributed by atoms with Crippen LogP contribution in [0.25, 0.3) is 22.3 Å². The van der Waals surface area contributed by atoms with Crippen molar-refractivity contribution in [2.24, 2.45) is 17.8 Å². The van der Waals surface area contributed by atoms with Gasteiger partial charge >= 0.3 is 12.1 Å². The number of hydrogen-bond acceptors (Lipinski definition) is 25. The monoisotopic (exact) mass is 1490 g/mol. The van der Waals surface area contributed by atoms with Gasteiger partial charge < -0.3 is 71.8 Å².